The number of anilines is 2. The van der Waals surface area contributed by atoms with Gasteiger partial charge in [-0.2, -0.15) is 4.37 Å². The molecule has 2 heterocycles. The molecule has 1 aliphatic rings. The molecule has 0 atom stereocenters. The molecular weight excluding hydrogens is 248 g/mol. The molecule has 1 fully saturated rings. The van der Waals surface area contributed by atoms with Gasteiger partial charge in [0.05, 0.1) is 6.61 Å². The fraction of sp³-hybridized carbons (Fsp3) is 0.750. The standard InChI is InChI=1S/C12H22N4OS/c1-2-17-10-11(13)15-18-12(10)14-6-9-16-7-4-3-5-8-16/h14H,2-9H2,1H3,(H2,13,15). The summed E-state index contributed by atoms with van der Waals surface area (Å²) in [6.07, 6.45) is 4.04. The molecule has 0 aromatic carbocycles. The van der Waals surface area contributed by atoms with Gasteiger partial charge in [-0.15, -0.1) is 0 Å². The average molecular weight is 270 g/mol. The van der Waals surface area contributed by atoms with Gasteiger partial charge in [0.25, 0.3) is 0 Å². The van der Waals surface area contributed by atoms with Gasteiger partial charge in [0, 0.05) is 13.1 Å². The lowest BCUT2D eigenvalue weighted by atomic mass is 10.1. The first-order valence-corrected chi connectivity index (χ1v) is 7.42. The first kappa shape index (κ1) is 13.4. The summed E-state index contributed by atoms with van der Waals surface area (Å²) in [4.78, 5) is 2.50. The maximum absolute atomic E-state index is 5.77. The molecular formula is C12H22N4OS. The number of hydrogen-bond acceptors (Lipinski definition) is 6. The molecule has 0 bridgehead atoms. The molecule has 0 amide bonds. The Kier molecular flexibility index (Phi) is 5.07. The van der Waals surface area contributed by atoms with Gasteiger partial charge in [0.15, 0.2) is 16.6 Å². The van der Waals surface area contributed by atoms with Crippen LogP contribution in [0, 0.1) is 0 Å². The van der Waals surface area contributed by atoms with Crippen LogP contribution in [0.1, 0.15) is 26.2 Å². The average Bonchev–Trinajstić information content (AvgIpc) is 2.73. The second-order valence-corrected chi connectivity index (χ2v) is 5.26. The molecule has 3 N–H and O–H groups in total. The van der Waals surface area contributed by atoms with Gasteiger partial charge in [-0.05, 0) is 44.4 Å². The van der Waals surface area contributed by atoms with Crippen LogP contribution in [-0.4, -0.2) is 42.1 Å². The molecule has 0 spiro atoms. The number of piperidine rings is 1. The van der Waals surface area contributed by atoms with Crippen molar-refractivity contribution in [3.63, 3.8) is 0 Å². The van der Waals surface area contributed by atoms with E-state index in [1.165, 1.54) is 43.9 Å². The van der Waals surface area contributed by atoms with E-state index in [0.717, 1.165) is 18.1 Å². The van der Waals surface area contributed by atoms with Crippen LogP contribution >= 0.6 is 11.5 Å². The zero-order valence-electron chi connectivity index (χ0n) is 10.9. The summed E-state index contributed by atoms with van der Waals surface area (Å²) in [5.74, 6) is 1.20. The first-order valence-electron chi connectivity index (χ1n) is 6.65. The zero-order chi connectivity index (χ0) is 12.8. The van der Waals surface area contributed by atoms with Gasteiger partial charge in [-0.25, -0.2) is 0 Å². The molecule has 18 heavy (non-hydrogen) atoms. The molecule has 1 saturated heterocycles. The van der Waals surface area contributed by atoms with E-state index in [1.54, 1.807) is 0 Å². The molecule has 5 nitrogen and oxygen atoms in total. The minimum atomic E-state index is 0.488. The monoisotopic (exact) mass is 270 g/mol. The van der Waals surface area contributed by atoms with Crippen molar-refractivity contribution < 1.29 is 4.74 Å². The van der Waals surface area contributed by atoms with E-state index < -0.39 is 0 Å². The molecule has 1 aromatic heterocycles. The third kappa shape index (κ3) is 3.49. The number of nitrogens with two attached hydrogens (primary N) is 1. The number of rotatable bonds is 6. The summed E-state index contributed by atoms with van der Waals surface area (Å²) in [5.41, 5.74) is 5.77. The summed E-state index contributed by atoms with van der Waals surface area (Å²) in [6.45, 7) is 7.01. The Morgan fingerprint density at radius 3 is 2.89 bits per heavy atom. The van der Waals surface area contributed by atoms with Crippen molar-refractivity contribution in [1.29, 1.82) is 0 Å². The Labute approximate surface area is 112 Å². The molecule has 2 rings (SSSR count). The van der Waals surface area contributed by atoms with E-state index in [0.29, 0.717) is 18.2 Å². The number of likely N-dealkylation sites (tertiary alicyclic amines) is 1. The van der Waals surface area contributed by atoms with Gasteiger partial charge < -0.3 is 20.7 Å². The molecule has 1 aliphatic heterocycles. The highest BCUT2D eigenvalue weighted by Crippen LogP contribution is 2.34. The smallest absolute Gasteiger partial charge is 0.197 e. The van der Waals surface area contributed by atoms with E-state index in [2.05, 4.69) is 14.6 Å². The quantitative estimate of drug-likeness (QED) is 0.828. The van der Waals surface area contributed by atoms with E-state index in [1.807, 2.05) is 6.92 Å². The van der Waals surface area contributed by atoms with Crippen LogP contribution in [-0.2, 0) is 0 Å². The summed E-state index contributed by atoms with van der Waals surface area (Å²) in [6, 6.07) is 0. The van der Waals surface area contributed by atoms with Crippen molar-refractivity contribution in [1.82, 2.24) is 9.27 Å². The Morgan fingerprint density at radius 1 is 1.39 bits per heavy atom. The van der Waals surface area contributed by atoms with E-state index in [4.69, 9.17) is 10.5 Å². The van der Waals surface area contributed by atoms with Gasteiger partial charge in [0.1, 0.15) is 0 Å². The maximum Gasteiger partial charge on any atom is 0.197 e. The number of nitrogens with one attached hydrogen (secondary N) is 1. The van der Waals surface area contributed by atoms with Crippen molar-refractivity contribution in [3.05, 3.63) is 0 Å². The minimum absolute atomic E-state index is 0.488. The fourth-order valence-electron chi connectivity index (χ4n) is 2.20. The lowest BCUT2D eigenvalue weighted by molar-refractivity contribution is 0.237. The summed E-state index contributed by atoms with van der Waals surface area (Å²) >= 11 is 1.37. The molecule has 0 aliphatic carbocycles. The first-order chi connectivity index (χ1) is 8.81. The van der Waals surface area contributed by atoms with Crippen LogP contribution in [0.15, 0.2) is 0 Å². The van der Waals surface area contributed by atoms with Crippen LogP contribution in [0.25, 0.3) is 0 Å². The zero-order valence-corrected chi connectivity index (χ0v) is 11.8. The molecule has 6 heteroatoms. The van der Waals surface area contributed by atoms with E-state index in [-0.39, 0.29) is 0 Å². The van der Waals surface area contributed by atoms with Crippen molar-refractivity contribution in [2.24, 2.45) is 0 Å². The Morgan fingerprint density at radius 2 is 2.17 bits per heavy atom. The van der Waals surface area contributed by atoms with Crippen molar-refractivity contribution >= 4 is 22.4 Å². The Balaban J connectivity index is 1.78. The van der Waals surface area contributed by atoms with Crippen LogP contribution in [0.4, 0.5) is 10.8 Å². The van der Waals surface area contributed by atoms with Gasteiger partial charge in [-0.3, -0.25) is 0 Å². The van der Waals surface area contributed by atoms with Gasteiger partial charge in [-0.1, -0.05) is 6.42 Å². The third-order valence-corrected chi connectivity index (χ3v) is 3.93. The molecule has 1 aromatic rings. The highest BCUT2D eigenvalue weighted by molar-refractivity contribution is 7.11. The molecule has 0 unspecified atom stereocenters. The van der Waals surface area contributed by atoms with Crippen LogP contribution in [0.2, 0.25) is 0 Å². The van der Waals surface area contributed by atoms with Crippen LogP contribution in [0.3, 0.4) is 0 Å². The molecule has 0 saturated carbocycles. The second kappa shape index (κ2) is 6.80. The number of ether oxygens (including phenoxy) is 1. The predicted octanol–water partition coefficient (Wildman–Crippen LogP) is 2.02. The molecule has 0 radical (unpaired) electrons. The Bertz CT molecular complexity index is 363. The van der Waals surface area contributed by atoms with Gasteiger partial charge >= 0.3 is 0 Å². The topological polar surface area (TPSA) is 63.4 Å². The van der Waals surface area contributed by atoms with Crippen molar-refractivity contribution in [3.8, 4) is 5.75 Å². The summed E-state index contributed by atoms with van der Waals surface area (Å²) < 4.78 is 9.62. The Hall–Kier alpha value is -1.01. The lowest BCUT2D eigenvalue weighted by Crippen LogP contribution is -2.33. The van der Waals surface area contributed by atoms with Crippen LogP contribution < -0.4 is 15.8 Å². The normalized spacial score (nSPS) is 16.7. The largest absolute Gasteiger partial charge is 0.487 e. The maximum atomic E-state index is 5.77. The van der Waals surface area contributed by atoms with Crippen molar-refractivity contribution in [2.45, 2.75) is 26.2 Å². The summed E-state index contributed by atoms with van der Waals surface area (Å²) in [7, 11) is 0. The number of aromatic nitrogens is 1. The lowest BCUT2D eigenvalue weighted by Gasteiger charge is -2.26. The van der Waals surface area contributed by atoms with Gasteiger partial charge in [0.2, 0.25) is 0 Å². The third-order valence-electron chi connectivity index (χ3n) is 3.13. The number of hydrogen-bond donors (Lipinski definition) is 2. The number of nitrogen functional groups attached to an aromatic ring is 1. The molecule has 102 valence electrons. The summed E-state index contributed by atoms with van der Waals surface area (Å²) in [5, 5.41) is 4.33. The van der Waals surface area contributed by atoms with E-state index in [9.17, 15) is 0 Å². The SMILES string of the molecule is CCOc1c(N)nsc1NCCN1CCCCC1. The fourth-order valence-corrected chi connectivity index (χ4v) is 2.89. The predicted molar refractivity (Wildman–Crippen MR) is 76.5 cm³/mol. The minimum Gasteiger partial charge on any atom is -0.487 e. The highest BCUT2D eigenvalue weighted by Gasteiger charge is 2.13. The van der Waals surface area contributed by atoms with E-state index >= 15 is 0 Å². The number of nitrogens with zero attached hydrogens (tertiary/aromatic N) is 2. The van der Waals surface area contributed by atoms with Crippen molar-refractivity contribution in [2.75, 3.05) is 43.8 Å². The second-order valence-electron chi connectivity index (χ2n) is 4.49. The highest BCUT2D eigenvalue weighted by atomic mass is 32.1. The van der Waals surface area contributed by atoms with Crippen LogP contribution in [0.5, 0.6) is 5.75 Å².